The summed E-state index contributed by atoms with van der Waals surface area (Å²) in [5.41, 5.74) is -0.0745. The highest BCUT2D eigenvalue weighted by Gasteiger charge is 2.31. The minimum Gasteiger partial charge on any atom is -0.465 e. The molecule has 0 atom stereocenters. The van der Waals surface area contributed by atoms with Crippen LogP contribution in [0.25, 0.3) is 0 Å². The van der Waals surface area contributed by atoms with Crippen molar-refractivity contribution in [2.75, 3.05) is 27.3 Å². The van der Waals surface area contributed by atoms with Crippen molar-refractivity contribution in [3.63, 3.8) is 0 Å². The molecular weight excluding hydrogens is 348 g/mol. The fourth-order valence-corrected chi connectivity index (χ4v) is 3.58. The first-order chi connectivity index (χ1) is 12.0. The number of thioether (sulfide) groups is 1. The number of rotatable bonds is 6. The smallest absolute Gasteiger partial charge is 0.355 e. The molecule has 0 N–H and O–H groups in total. The maximum absolute atomic E-state index is 12.3. The Morgan fingerprint density at radius 1 is 1.12 bits per heavy atom. The first kappa shape index (κ1) is 18.8. The van der Waals surface area contributed by atoms with E-state index in [0.717, 1.165) is 24.6 Å². The summed E-state index contributed by atoms with van der Waals surface area (Å²) >= 11 is 0.836. The molecule has 1 fully saturated rings. The van der Waals surface area contributed by atoms with E-state index in [9.17, 15) is 19.7 Å². The van der Waals surface area contributed by atoms with Crippen LogP contribution in [0.4, 0.5) is 5.69 Å². The summed E-state index contributed by atoms with van der Waals surface area (Å²) in [5, 5.41) is 11.2. The molecule has 0 amide bonds. The third-order valence-corrected chi connectivity index (χ3v) is 4.79. The molecule has 8 nitrogen and oxygen atoms in total. The van der Waals surface area contributed by atoms with Crippen molar-refractivity contribution in [1.82, 2.24) is 4.90 Å². The number of methoxy groups -OCH3 is 2. The van der Waals surface area contributed by atoms with Gasteiger partial charge >= 0.3 is 11.9 Å². The number of hydrogen-bond donors (Lipinski definition) is 0. The van der Waals surface area contributed by atoms with Crippen molar-refractivity contribution < 1.29 is 24.0 Å². The summed E-state index contributed by atoms with van der Waals surface area (Å²) in [6.07, 6.45) is 1.76. The molecule has 0 aromatic heterocycles. The second-order valence-electron chi connectivity index (χ2n) is 5.18. The van der Waals surface area contributed by atoms with Crippen LogP contribution in [0, 0.1) is 10.1 Å². The van der Waals surface area contributed by atoms with Crippen molar-refractivity contribution in [2.45, 2.75) is 17.7 Å². The molecule has 9 heteroatoms. The van der Waals surface area contributed by atoms with Gasteiger partial charge < -0.3 is 14.4 Å². The van der Waals surface area contributed by atoms with Gasteiger partial charge in [0.25, 0.3) is 5.69 Å². The van der Waals surface area contributed by atoms with E-state index in [2.05, 4.69) is 0 Å². The second-order valence-corrected chi connectivity index (χ2v) is 6.23. The van der Waals surface area contributed by atoms with Gasteiger partial charge in [-0.15, -0.1) is 0 Å². The molecule has 0 radical (unpaired) electrons. The molecule has 1 aromatic rings. The largest absolute Gasteiger partial charge is 0.465 e. The first-order valence-corrected chi connectivity index (χ1v) is 8.38. The van der Waals surface area contributed by atoms with E-state index < -0.39 is 16.9 Å². The van der Waals surface area contributed by atoms with Crippen LogP contribution in [0.5, 0.6) is 0 Å². The van der Waals surface area contributed by atoms with Crippen LogP contribution < -0.4 is 0 Å². The number of esters is 2. The van der Waals surface area contributed by atoms with Crippen LogP contribution in [-0.2, 0) is 19.1 Å². The number of nitro benzene ring substituents is 1. The third-order valence-electron chi connectivity index (χ3n) is 3.66. The van der Waals surface area contributed by atoms with E-state index >= 15 is 0 Å². The Balaban J connectivity index is 2.55. The van der Waals surface area contributed by atoms with Crippen LogP contribution in [0.2, 0.25) is 0 Å². The fourth-order valence-electron chi connectivity index (χ4n) is 2.49. The zero-order valence-corrected chi connectivity index (χ0v) is 14.7. The van der Waals surface area contributed by atoms with E-state index in [1.807, 2.05) is 0 Å². The van der Waals surface area contributed by atoms with Crippen LogP contribution in [-0.4, -0.2) is 49.1 Å². The summed E-state index contributed by atoms with van der Waals surface area (Å²) in [5.74, 6) is -1.41. The molecular formula is C16H18N2O6S. The standard InChI is InChI=1S/C16H18N2O6S/c1-23-15(19)13(17-9-5-6-10-17)14(16(20)24-2)25-12-8-4-3-7-11(12)18(21)22/h3-4,7-8H,5-6,9-10H2,1-2H3. The minimum atomic E-state index is -0.740. The molecule has 0 bridgehead atoms. The Morgan fingerprint density at radius 2 is 1.72 bits per heavy atom. The van der Waals surface area contributed by atoms with Gasteiger partial charge in [-0.2, -0.15) is 0 Å². The lowest BCUT2D eigenvalue weighted by molar-refractivity contribution is -0.387. The highest BCUT2D eigenvalue weighted by Crippen LogP contribution is 2.37. The lowest BCUT2D eigenvalue weighted by Gasteiger charge is -2.22. The van der Waals surface area contributed by atoms with Crippen molar-refractivity contribution >= 4 is 29.4 Å². The van der Waals surface area contributed by atoms with E-state index in [1.54, 1.807) is 11.0 Å². The molecule has 1 aliphatic rings. The maximum atomic E-state index is 12.3. The van der Waals surface area contributed by atoms with Crippen molar-refractivity contribution in [3.8, 4) is 0 Å². The maximum Gasteiger partial charge on any atom is 0.355 e. The van der Waals surface area contributed by atoms with Gasteiger partial charge in [0.1, 0.15) is 10.6 Å². The first-order valence-electron chi connectivity index (χ1n) is 7.56. The Labute approximate surface area is 148 Å². The molecule has 1 saturated heterocycles. The zero-order chi connectivity index (χ0) is 18.4. The molecule has 1 heterocycles. The van der Waals surface area contributed by atoms with Crippen molar-refractivity contribution in [1.29, 1.82) is 0 Å². The normalized spacial score (nSPS) is 14.7. The summed E-state index contributed by atoms with van der Waals surface area (Å²) in [6.45, 7) is 1.20. The van der Waals surface area contributed by atoms with Crippen molar-refractivity contribution in [2.24, 2.45) is 0 Å². The lowest BCUT2D eigenvalue weighted by atomic mass is 10.3. The highest BCUT2D eigenvalue weighted by atomic mass is 32.2. The molecule has 1 aromatic carbocycles. The number of nitro groups is 1. The molecule has 134 valence electrons. The number of likely N-dealkylation sites (tertiary alicyclic amines) is 1. The molecule has 1 aliphatic heterocycles. The monoisotopic (exact) mass is 366 g/mol. The Kier molecular flexibility index (Phi) is 6.40. The topological polar surface area (TPSA) is 99.0 Å². The van der Waals surface area contributed by atoms with Gasteiger partial charge in [0.05, 0.1) is 24.0 Å². The number of ether oxygens (including phenoxy) is 2. The molecule has 25 heavy (non-hydrogen) atoms. The van der Waals surface area contributed by atoms with Crippen LogP contribution in [0.3, 0.4) is 0 Å². The SMILES string of the molecule is COC(=O)C(Sc1ccccc1[N+](=O)[O-])=C(C(=O)OC)N1CCCC1. The number of benzene rings is 1. The van der Waals surface area contributed by atoms with Gasteiger partial charge in [0, 0.05) is 19.2 Å². The van der Waals surface area contributed by atoms with E-state index in [0.29, 0.717) is 13.1 Å². The number of carbonyl (C=O) groups excluding carboxylic acids is 2. The number of para-hydroxylation sites is 1. The molecule has 0 saturated carbocycles. The predicted octanol–water partition coefficient (Wildman–Crippen LogP) is 2.34. The summed E-state index contributed by atoms with van der Waals surface area (Å²) in [7, 11) is 2.42. The average molecular weight is 366 g/mol. The number of hydrogen-bond acceptors (Lipinski definition) is 8. The summed E-state index contributed by atoms with van der Waals surface area (Å²) in [4.78, 5) is 37.3. The quantitative estimate of drug-likeness (QED) is 0.249. The van der Waals surface area contributed by atoms with Crippen LogP contribution >= 0.6 is 11.8 Å². The average Bonchev–Trinajstić information content (AvgIpc) is 3.14. The van der Waals surface area contributed by atoms with E-state index in [4.69, 9.17) is 9.47 Å². The number of carbonyl (C=O) groups is 2. The van der Waals surface area contributed by atoms with Gasteiger partial charge in [0.15, 0.2) is 0 Å². The molecule has 0 aliphatic carbocycles. The van der Waals surface area contributed by atoms with E-state index in [1.165, 1.54) is 32.4 Å². The van der Waals surface area contributed by atoms with Gasteiger partial charge in [-0.05, 0) is 18.9 Å². The van der Waals surface area contributed by atoms with Crippen LogP contribution in [0.1, 0.15) is 12.8 Å². The van der Waals surface area contributed by atoms with Gasteiger partial charge in [-0.1, -0.05) is 23.9 Å². The highest BCUT2D eigenvalue weighted by molar-refractivity contribution is 8.04. The Bertz CT molecular complexity index is 712. The molecule has 0 unspecified atom stereocenters. The minimum absolute atomic E-state index is 0.0226. The fraction of sp³-hybridized carbons (Fsp3) is 0.375. The third kappa shape index (κ3) is 4.30. The lowest BCUT2D eigenvalue weighted by Crippen LogP contribution is -2.28. The number of nitrogens with zero attached hydrogens (tertiary/aromatic N) is 2. The predicted molar refractivity (Wildman–Crippen MR) is 90.8 cm³/mol. The summed E-state index contributed by atoms with van der Waals surface area (Å²) < 4.78 is 9.62. The van der Waals surface area contributed by atoms with Gasteiger partial charge in [-0.3, -0.25) is 10.1 Å². The summed E-state index contributed by atoms with van der Waals surface area (Å²) in [6, 6.07) is 6.01. The van der Waals surface area contributed by atoms with Crippen molar-refractivity contribution in [3.05, 3.63) is 45.0 Å². The Morgan fingerprint density at radius 3 is 2.28 bits per heavy atom. The van der Waals surface area contributed by atoms with Gasteiger partial charge in [0.2, 0.25) is 0 Å². The molecule has 2 rings (SSSR count). The Hall–Kier alpha value is -2.55. The van der Waals surface area contributed by atoms with Gasteiger partial charge in [-0.25, -0.2) is 9.59 Å². The zero-order valence-electron chi connectivity index (χ0n) is 13.9. The second kappa shape index (κ2) is 8.52. The van der Waals surface area contributed by atoms with E-state index in [-0.39, 0.29) is 21.2 Å². The molecule has 0 spiro atoms. The van der Waals surface area contributed by atoms with Crippen LogP contribution in [0.15, 0.2) is 39.8 Å².